The standard InChI is InChI=1S/C21H22N6O/c1-2-15-7-9-16(10-8-15)26-19(28)17-5-3-4-6-18(17)27-20(23-24-21(26)27)25-13-11-22-12-14-25/h3-10,22H,2,11-14H2,1H3. The Balaban J connectivity index is 1.83. The van der Waals surface area contributed by atoms with Crippen molar-refractivity contribution in [1.82, 2.24) is 24.5 Å². The molecule has 2 aromatic carbocycles. The van der Waals surface area contributed by atoms with Crippen molar-refractivity contribution in [3.05, 3.63) is 64.4 Å². The van der Waals surface area contributed by atoms with E-state index in [9.17, 15) is 4.79 Å². The summed E-state index contributed by atoms with van der Waals surface area (Å²) in [5.41, 5.74) is 2.79. The molecule has 1 aliphatic rings. The Bertz CT molecular complexity index is 1200. The fourth-order valence-electron chi connectivity index (χ4n) is 3.87. The summed E-state index contributed by atoms with van der Waals surface area (Å²) in [5, 5.41) is 12.9. The maximum absolute atomic E-state index is 13.3. The lowest BCUT2D eigenvalue weighted by atomic mass is 10.1. The molecule has 0 aliphatic carbocycles. The van der Waals surface area contributed by atoms with Crippen LogP contribution in [0, 0.1) is 0 Å². The Morgan fingerprint density at radius 2 is 1.75 bits per heavy atom. The zero-order chi connectivity index (χ0) is 19.1. The lowest BCUT2D eigenvalue weighted by Gasteiger charge is -2.27. The average molecular weight is 374 g/mol. The highest BCUT2D eigenvalue weighted by Gasteiger charge is 2.22. The van der Waals surface area contributed by atoms with Crippen LogP contribution in [0.2, 0.25) is 0 Å². The number of anilines is 1. The lowest BCUT2D eigenvalue weighted by molar-refractivity contribution is 0.579. The molecule has 7 nitrogen and oxygen atoms in total. The molecule has 1 aliphatic heterocycles. The quantitative estimate of drug-likeness (QED) is 0.594. The number of hydrogen-bond acceptors (Lipinski definition) is 5. The average Bonchev–Trinajstić information content (AvgIpc) is 3.20. The van der Waals surface area contributed by atoms with E-state index in [0.717, 1.165) is 49.8 Å². The van der Waals surface area contributed by atoms with E-state index in [1.54, 1.807) is 4.57 Å². The number of nitrogens with one attached hydrogen (secondary N) is 1. The second-order valence-corrected chi connectivity index (χ2v) is 7.05. The SMILES string of the molecule is CCc1ccc(-n2c(=O)c3ccccc3n3c(N4CCNCC4)nnc23)cc1. The van der Waals surface area contributed by atoms with Gasteiger partial charge < -0.3 is 10.2 Å². The van der Waals surface area contributed by atoms with E-state index in [-0.39, 0.29) is 5.56 Å². The van der Waals surface area contributed by atoms with Crippen LogP contribution in [0.25, 0.3) is 22.4 Å². The molecule has 0 bridgehead atoms. The lowest BCUT2D eigenvalue weighted by Crippen LogP contribution is -2.44. The molecule has 0 saturated carbocycles. The summed E-state index contributed by atoms with van der Waals surface area (Å²) in [6, 6.07) is 15.8. The molecule has 0 atom stereocenters. The summed E-state index contributed by atoms with van der Waals surface area (Å²) >= 11 is 0. The molecule has 1 saturated heterocycles. The first-order chi connectivity index (χ1) is 13.8. The van der Waals surface area contributed by atoms with Gasteiger partial charge in [0, 0.05) is 26.2 Å². The van der Waals surface area contributed by atoms with Gasteiger partial charge in [0.25, 0.3) is 5.56 Å². The molecule has 1 N–H and O–H groups in total. The Hall–Kier alpha value is -3.19. The van der Waals surface area contributed by atoms with Crippen LogP contribution in [0.4, 0.5) is 5.95 Å². The molecule has 7 heteroatoms. The van der Waals surface area contributed by atoms with Gasteiger partial charge in [-0.3, -0.25) is 4.79 Å². The molecular weight excluding hydrogens is 352 g/mol. The molecule has 3 heterocycles. The maximum Gasteiger partial charge on any atom is 0.267 e. The molecule has 28 heavy (non-hydrogen) atoms. The first-order valence-corrected chi connectivity index (χ1v) is 9.72. The fourth-order valence-corrected chi connectivity index (χ4v) is 3.87. The van der Waals surface area contributed by atoms with Gasteiger partial charge in [0.2, 0.25) is 11.7 Å². The highest BCUT2D eigenvalue weighted by molar-refractivity contribution is 5.82. The summed E-state index contributed by atoms with van der Waals surface area (Å²) in [6.45, 7) is 5.66. The fraction of sp³-hybridized carbons (Fsp3) is 0.286. The minimum Gasteiger partial charge on any atom is -0.338 e. The van der Waals surface area contributed by atoms with Crippen molar-refractivity contribution in [3.8, 4) is 5.69 Å². The third-order valence-electron chi connectivity index (χ3n) is 5.41. The predicted molar refractivity (Wildman–Crippen MR) is 111 cm³/mol. The van der Waals surface area contributed by atoms with Gasteiger partial charge in [-0.15, -0.1) is 10.2 Å². The number of rotatable bonds is 3. The van der Waals surface area contributed by atoms with Crippen LogP contribution in [0.1, 0.15) is 12.5 Å². The van der Waals surface area contributed by atoms with Crippen molar-refractivity contribution in [1.29, 1.82) is 0 Å². The maximum atomic E-state index is 13.3. The van der Waals surface area contributed by atoms with Crippen LogP contribution < -0.4 is 15.8 Å². The van der Waals surface area contributed by atoms with Gasteiger partial charge in [-0.2, -0.15) is 0 Å². The molecule has 4 aromatic rings. The zero-order valence-electron chi connectivity index (χ0n) is 15.8. The molecule has 1 fully saturated rings. The normalized spacial score (nSPS) is 14.8. The highest BCUT2D eigenvalue weighted by atomic mass is 16.1. The van der Waals surface area contributed by atoms with Crippen LogP contribution in [0.3, 0.4) is 0 Å². The van der Waals surface area contributed by atoms with Crippen LogP contribution in [-0.4, -0.2) is 45.3 Å². The number of nitrogens with zero attached hydrogens (tertiary/aromatic N) is 5. The first-order valence-electron chi connectivity index (χ1n) is 9.72. The van der Waals surface area contributed by atoms with Crippen molar-refractivity contribution >= 4 is 22.6 Å². The summed E-state index contributed by atoms with van der Waals surface area (Å²) in [7, 11) is 0. The molecule has 5 rings (SSSR count). The van der Waals surface area contributed by atoms with E-state index in [1.807, 2.05) is 40.8 Å². The summed E-state index contributed by atoms with van der Waals surface area (Å²) in [5.74, 6) is 1.33. The van der Waals surface area contributed by atoms with Crippen LogP contribution in [-0.2, 0) is 6.42 Å². The Labute approximate surface area is 162 Å². The minimum atomic E-state index is -0.0772. The largest absolute Gasteiger partial charge is 0.338 e. The number of benzene rings is 2. The summed E-state index contributed by atoms with van der Waals surface area (Å²) in [6.07, 6.45) is 0.959. The van der Waals surface area contributed by atoms with Gasteiger partial charge in [0.15, 0.2) is 0 Å². The molecule has 2 aromatic heterocycles. The minimum absolute atomic E-state index is 0.0772. The van der Waals surface area contributed by atoms with Crippen LogP contribution >= 0.6 is 0 Å². The molecule has 0 spiro atoms. The van der Waals surface area contributed by atoms with E-state index in [0.29, 0.717) is 11.2 Å². The van der Waals surface area contributed by atoms with Crippen LogP contribution in [0.15, 0.2) is 53.3 Å². The smallest absolute Gasteiger partial charge is 0.267 e. The zero-order valence-corrected chi connectivity index (χ0v) is 15.8. The van der Waals surface area contributed by atoms with E-state index in [2.05, 4.69) is 39.5 Å². The van der Waals surface area contributed by atoms with E-state index < -0.39 is 0 Å². The van der Waals surface area contributed by atoms with E-state index in [1.165, 1.54) is 5.56 Å². The van der Waals surface area contributed by atoms with E-state index in [4.69, 9.17) is 0 Å². The number of fused-ring (bicyclic) bond motifs is 3. The number of aryl methyl sites for hydroxylation is 1. The second kappa shape index (κ2) is 6.76. The Kier molecular flexibility index (Phi) is 4.09. The van der Waals surface area contributed by atoms with Gasteiger partial charge in [0.05, 0.1) is 16.6 Å². The van der Waals surface area contributed by atoms with Gasteiger partial charge >= 0.3 is 0 Å². The predicted octanol–water partition coefficient (Wildman–Crippen LogP) is 2.01. The molecule has 142 valence electrons. The second-order valence-electron chi connectivity index (χ2n) is 7.05. The van der Waals surface area contributed by atoms with Crippen molar-refractivity contribution in [2.75, 3.05) is 31.1 Å². The van der Waals surface area contributed by atoms with Gasteiger partial charge in [0.1, 0.15) is 0 Å². The third-order valence-corrected chi connectivity index (χ3v) is 5.41. The first kappa shape index (κ1) is 16.9. The Morgan fingerprint density at radius 3 is 2.50 bits per heavy atom. The van der Waals surface area contributed by atoms with Crippen molar-refractivity contribution < 1.29 is 0 Å². The molecule has 0 unspecified atom stereocenters. The molecular formula is C21H22N6O. The van der Waals surface area contributed by atoms with Gasteiger partial charge in [-0.05, 0) is 36.2 Å². The Morgan fingerprint density at radius 1 is 1.00 bits per heavy atom. The topological polar surface area (TPSA) is 67.5 Å². The van der Waals surface area contributed by atoms with Crippen molar-refractivity contribution in [2.45, 2.75) is 13.3 Å². The van der Waals surface area contributed by atoms with Gasteiger partial charge in [-0.25, -0.2) is 8.97 Å². The third kappa shape index (κ3) is 2.58. The van der Waals surface area contributed by atoms with Crippen molar-refractivity contribution in [2.24, 2.45) is 0 Å². The molecule has 0 radical (unpaired) electrons. The number of para-hydroxylation sites is 1. The summed E-state index contributed by atoms with van der Waals surface area (Å²) < 4.78 is 3.68. The van der Waals surface area contributed by atoms with Crippen LogP contribution in [0.5, 0.6) is 0 Å². The summed E-state index contributed by atoms with van der Waals surface area (Å²) in [4.78, 5) is 15.6. The number of aromatic nitrogens is 4. The highest BCUT2D eigenvalue weighted by Crippen LogP contribution is 2.22. The van der Waals surface area contributed by atoms with Gasteiger partial charge in [-0.1, -0.05) is 31.2 Å². The molecule has 0 amide bonds. The van der Waals surface area contributed by atoms with E-state index >= 15 is 0 Å². The number of piperazine rings is 1. The monoisotopic (exact) mass is 374 g/mol. The van der Waals surface area contributed by atoms with Crippen molar-refractivity contribution in [3.63, 3.8) is 0 Å². The number of hydrogen-bond donors (Lipinski definition) is 1.